The summed E-state index contributed by atoms with van der Waals surface area (Å²) in [4.78, 5) is 17.9. The predicted octanol–water partition coefficient (Wildman–Crippen LogP) is 1.94. The van der Waals surface area contributed by atoms with Gasteiger partial charge < -0.3 is 10.6 Å². The normalized spacial score (nSPS) is 19.6. The lowest BCUT2D eigenvalue weighted by Crippen LogP contribution is -2.41. The van der Waals surface area contributed by atoms with E-state index in [1.807, 2.05) is 6.07 Å². The Morgan fingerprint density at radius 2 is 2.26 bits per heavy atom. The highest BCUT2D eigenvalue weighted by atomic mass is 16.1. The lowest BCUT2D eigenvalue weighted by atomic mass is 9.97. The van der Waals surface area contributed by atoms with E-state index < -0.39 is 0 Å². The number of hydrogen-bond donors (Lipinski definition) is 1. The van der Waals surface area contributed by atoms with E-state index in [1.54, 1.807) is 6.20 Å². The first-order valence-electron chi connectivity index (χ1n) is 6.63. The maximum Gasteiger partial charge on any atom is 0.222 e. The second-order valence-corrected chi connectivity index (χ2v) is 5.07. The maximum absolute atomic E-state index is 11.3. The smallest absolute Gasteiger partial charge is 0.222 e. The third-order valence-electron chi connectivity index (χ3n) is 3.78. The third-order valence-corrected chi connectivity index (χ3v) is 3.78. The van der Waals surface area contributed by atoms with Crippen molar-refractivity contribution in [3.8, 4) is 0 Å². The first-order valence-corrected chi connectivity index (χ1v) is 6.63. The Labute approximate surface area is 112 Å². The van der Waals surface area contributed by atoms with E-state index in [0.29, 0.717) is 6.54 Å². The van der Waals surface area contributed by atoms with Gasteiger partial charge in [0.2, 0.25) is 5.91 Å². The number of nitrogens with zero attached hydrogens (tertiary/aromatic N) is 2. The molecule has 98 valence electrons. The number of fused-ring (bicyclic) bond motifs is 1. The van der Waals surface area contributed by atoms with Crippen LogP contribution in [0.15, 0.2) is 36.5 Å². The highest BCUT2D eigenvalue weighted by Crippen LogP contribution is 2.25. The van der Waals surface area contributed by atoms with E-state index in [2.05, 4.69) is 34.1 Å². The van der Waals surface area contributed by atoms with Crippen LogP contribution in [-0.2, 0) is 4.79 Å². The molecule has 1 atom stereocenters. The lowest BCUT2D eigenvalue weighted by Gasteiger charge is -2.33. The van der Waals surface area contributed by atoms with Crippen molar-refractivity contribution in [1.29, 1.82) is 0 Å². The summed E-state index contributed by atoms with van der Waals surface area (Å²) >= 11 is 0. The number of carbonyl (C=O) groups is 1. The average molecular weight is 255 g/mol. The van der Waals surface area contributed by atoms with E-state index in [1.165, 1.54) is 0 Å². The molecule has 4 nitrogen and oxygen atoms in total. The molecular formula is C15H17N3O. The minimum absolute atomic E-state index is 0.0341. The van der Waals surface area contributed by atoms with Crippen LogP contribution in [0.3, 0.4) is 0 Å². The van der Waals surface area contributed by atoms with Crippen molar-refractivity contribution >= 4 is 22.5 Å². The number of anilines is 1. The second kappa shape index (κ2) is 4.88. The number of nitrogens with two attached hydrogens (primary N) is 1. The summed E-state index contributed by atoms with van der Waals surface area (Å²) in [6.07, 6.45) is 3.71. The van der Waals surface area contributed by atoms with Crippen LogP contribution >= 0.6 is 0 Å². The van der Waals surface area contributed by atoms with Gasteiger partial charge in [-0.3, -0.25) is 9.78 Å². The molecule has 1 aromatic carbocycles. The Bertz CT molecular complexity index is 611. The van der Waals surface area contributed by atoms with Crippen LogP contribution in [0.1, 0.15) is 12.8 Å². The molecule has 1 fully saturated rings. The molecule has 0 spiro atoms. The highest BCUT2D eigenvalue weighted by Gasteiger charge is 2.24. The van der Waals surface area contributed by atoms with Crippen molar-refractivity contribution in [2.45, 2.75) is 12.8 Å². The van der Waals surface area contributed by atoms with Crippen molar-refractivity contribution in [2.75, 3.05) is 18.0 Å². The predicted molar refractivity (Wildman–Crippen MR) is 75.9 cm³/mol. The fraction of sp³-hybridized carbons (Fsp3) is 0.333. The van der Waals surface area contributed by atoms with Gasteiger partial charge in [-0.15, -0.1) is 0 Å². The molecule has 3 rings (SSSR count). The van der Waals surface area contributed by atoms with Crippen molar-refractivity contribution in [1.82, 2.24) is 4.98 Å². The van der Waals surface area contributed by atoms with Gasteiger partial charge in [0.1, 0.15) is 0 Å². The van der Waals surface area contributed by atoms with Gasteiger partial charge in [0.15, 0.2) is 0 Å². The zero-order chi connectivity index (χ0) is 13.2. The molecule has 1 saturated heterocycles. The molecule has 0 radical (unpaired) electrons. The molecule has 0 bridgehead atoms. The van der Waals surface area contributed by atoms with E-state index in [9.17, 15) is 4.79 Å². The number of piperidine rings is 1. The van der Waals surface area contributed by atoms with Crippen LogP contribution in [0, 0.1) is 5.92 Å². The Hall–Kier alpha value is -2.10. The number of amides is 1. The molecule has 1 unspecified atom stereocenters. The number of carbonyl (C=O) groups excluding carboxylic acids is 1. The summed E-state index contributed by atoms with van der Waals surface area (Å²) in [5, 5.41) is 1.13. The summed E-state index contributed by atoms with van der Waals surface area (Å²) in [5.41, 5.74) is 7.53. The number of pyridine rings is 1. The first kappa shape index (κ1) is 12.0. The quantitative estimate of drug-likeness (QED) is 0.892. The molecule has 0 saturated carbocycles. The lowest BCUT2D eigenvalue weighted by molar-refractivity contribution is -0.122. The van der Waals surface area contributed by atoms with Crippen molar-refractivity contribution in [2.24, 2.45) is 11.7 Å². The van der Waals surface area contributed by atoms with Gasteiger partial charge in [-0.1, -0.05) is 12.1 Å². The van der Waals surface area contributed by atoms with Crippen LogP contribution in [0.5, 0.6) is 0 Å². The third kappa shape index (κ3) is 2.38. The van der Waals surface area contributed by atoms with Gasteiger partial charge in [0.05, 0.1) is 11.4 Å². The summed E-state index contributed by atoms with van der Waals surface area (Å²) in [5.74, 6) is -0.225. The summed E-state index contributed by atoms with van der Waals surface area (Å²) < 4.78 is 0. The fourth-order valence-electron chi connectivity index (χ4n) is 2.70. The Kier molecular flexibility index (Phi) is 3.07. The zero-order valence-electron chi connectivity index (χ0n) is 10.7. The molecule has 1 aliphatic rings. The van der Waals surface area contributed by atoms with Crippen molar-refractivity contribution in [3.05, 3.63) is 36.5 Å². The number of hydrogen-bond acceptors (Lipinski definition) is 3. The Morgan fingerprint density at radius 3 is 3.11 bits per heavy atom. The van der Waals surface area contributed by atoms with E-state index in [0.717, 1.165) is 36.0 Å². The maximum atomic E-state index is 11.3. The van der Waals surface area contributed by atoms with Crippen LogP contribution in [0.25, 0.3) is 10.9 Å². The van der Waals surface area contributed by atoms with Crippen LogP contribution in [-0.4, -0.2) is 24.0 Å². The molecule has 1 aliphatic heterocycles. The van der Waals surface area contributed by atoms with Crippen LogP contribution in [0.2, 0.25) is 0 Å². The van der Waals surface area contributed by atoms with E-state index >= 15 is 0 Å². The summed E-state index contributed by atoms with van der Waals surface area (Å²) in [6, 6.07) is 10.2. The molecule has 2 aromatic rings. The number of benzene rings is 1. The summed E-state index contributed by atoms with van der Waals surface area (Å²) in [6.45, 7) is 1.69. The molecule has 1 aromatic heterocycles. The topological polar surface area (TPSA) is 59.2 Å². The SMILES string of the molecule is NC(=O)C1CCCN(c2ccc3cccnc3c2)C1. The summed E-state index contributed by atoms with van der Waals surface area (Å²) in [7, 11) is 0. The second-order valence-electron chi connectivity index (χ2n) is 5.07. The Morgan fingerprint density at radius 1 is 1.37 bits per heavy atom. The van der Waals surface area contributed by atoms with Crippen molar-refractivity contribution in [3.63, 3.8) is 0 Å². The van der Waals surface area contributed by atoms with Crippen molar-refractivity contribution < 1.29 is 4.79 Å². The highest BCUT2D eigenvalue weighted by molar-refractivity contribution is 5.82. The van der Waals surface area contributed by atoms with Gasteiger partial charge in [0, 0.05) is 30.4 Å². The van der Waals surface area contributed by atoms with E-state index in [4.69, 9.17) is 5.73 Å². The molecule has 19 heavy (non-hydrogen) atoms. The van der Waals surface area contributed by atoms with Gasteiger partial charge in [-0.25, -0.2) is 0 Å². The molecule has 2 N–H and O–H groups in total. The molecule has 1 amide bonds. The van der Waals surface area contributed by atoms with Gasteiger partial charge in [-0.05, 0) is 31.0 Å². The van der Waals surface area contributed by atoms with Gasteiger partial charge in [-0.2, -0.15) is 0 Å². The van der Waals surface area contributed by atoms with Crippen LogP contribution in [0.4, 0.5) is 5.69 Å². The standard InChI is InChI=1S/C15H17N3O/c16-15(19)12-4-2-8-18(10-12)13-6-5-11-3-1-7-17-14(11)9-13/h1,3,5-7,9,12H,2,4,8,10H2,(H2,16,19). The van der Waals surface area contributed by atoms with Gasteiger partial charge in [0.25, 0.3) is 0 Å². The molecule has 0 aliphatic carbocycles. The minimum Gasteiger partial charge on any atom is -0.371 e. The molecular weight excluding hydrogens is 238 g/mol. The monoisotopic (exact) mass is 255 g/mol. The number of aromatic nitrogens is 1. The molecule has 2 heterocycles. The molecule has 4 heteroatoms. The fourth-order valence-corrected chi connectivity index (χ4v) is 2.70. The average Bonchev–Trinajstić information content (AvgIpc) is 2.47. The van der Waals surface area contributed by atoms with Crippen LogP contribution < -0.4 is 10.6 Å². The largest absolute Gasteiger partial charge is 0.371 e. The number of primary amides is 1. The number of rotatable bonds is 2. The zero-order valence-corrected chi connectivity index (χ0v) is 10.7. The van der Waals surface area contributed by atoms with Gasteiger partial charge >= 0.3 is 0 Å². The van der Waals surface area contributed by atoms with E-state index in [-0.39, 0.29) is 11.8 Å². The minimum atomic E-state index is -0.191. The Balaban J connectivity index is 1.89. The first-order chi connectivity index (χ1) is 9.24.